The largest absolute Gasteiger partial charge is 0.410 e. The highest BCUT2D eigenvalue weighted by atomic mass is 28.4. The van der Waals surface area contributed by atoms with Crippen LogP contribution >= 0.6 is 0 Å². The fraction of sp³-hybridized carbons (Fsp3) is 0.812. The van der Waals surface area contributed by atoms with Gasteiger partial charge in [-0.1, -0.05) is 34.6 Å². The second-order valence-corrected chi connectivity index (χ2v) is 12.3. The SMILES string of the molecule is [C-]#[N+][C@]1(CC)C(=C(F)F)[C@H](O[Si](C)(C)C(C)(C)C)C[C@@H]1C. The van der Waals surface area contributed by atoms with Gasteiger partial charge >= 0.3 is 0 Å². The zero-order valence-electron chi connectivity index (χ0n) is 14.2. The number of halogens is 2. The van der Waals surface area contributed by atoms with Gasteiger partial charge in [0.2, 0.25) is 0 Å². The number of nitrogens with zero attached hydrogens (tertiary/aromatic N) is 1. The van der Waals surface area contributed by atoms with Crippen molar-refractivity contribution in [2.24, 2.45) is 5.92 Å². The van der Waals surface area contributed by atoms with E-state index in [2.05, 4.69) is 38.7 Å². The fourth-order valence-corrected chi connectivity index (χ4v) is 4.17. The first-order valence-corrected chi connectivity index (χ1v) is 10.5. The first-order valence-electron chi connectivity index (χ1n) is 7.55. The molecule has 3 atom stereocenters. The van der Waals surface area contributed by atoms with Crippen LogP contribution in [0, 0.1) is 12.5 Å². The Morgan fingerprint density at radius 3 is 2.29 bits per heavy atom. The summed E-state index contributed by atoms with van der Waals surface area (Å²) in [6.07, 6.45) is -1.42. The number of hydrogen-bond donors (Lipinski definition) is 0. The van der Waals surface area contributed by atoms with E-state index in [0.29, 0.717) is 12.8 Å². The monoisotopic (exact) mass is 315 g/mol. The molecule has 0 heterocycles. The summed E-state index contributed by atoms with van der Waals surface area (Å²) in [5, 5.41) is -0.0380. The van der Waals surface area contributed by atoms with Gasteiger partial charge < -0.3 is 9.27 Å². The first-order chi connectivity index (χ1) is 9.43. The van der Waals surface area contributed by atoms with E-state index in [9.17, 15) is 8.78 Å². The van der Waals surface area contributed by atoms with Crippen LogP contribution in [0.2, 0.25) is 18.1 Å². The van der Waals surface area contributed by atoms with Crippen LogP contribution in [0.4, 0.5) is 8.78 Å². The molecule has 1 fully saturated rings. The summed E-state index contributed by atoms with van der Waals surface area (Å²) in [5.41, 5.74) is -1.15. The maximum Gasteiger partial charge on any atom is 0.280 e. The topological polar surface area (TPSA) is 13.6 Å². The molecule has 0 radical (unpaired) electrons. The fourth-order valence-electron chi connectivity index (χ4n) is 2.89. The van der Waals surface area contributed by atoms with E-state index in [0.717, 1.165) is 0 Å². The second kappa shape index (κ2) is 5.81. The molecule has 0 aromatic rings. The maximum absolute atomic E-state index is 13.6. The van der Waals surface area contributed by atoms with E-state index in [1.54, 1.807) is 0 Å². The number of hydrogen-bond acceptors (Lipinski definition) is 1. The molecule has 5 heteroatoms. The highest BCUT2D eigenvalue weighted by Crippen LogP contribution is 2.51. The lowest BCUT2D eigenvalue weighted by atomic mass is 9.84. The smallest absolute Gasteiger partial charge is 0.280 e. The van der Waals surface area contributed by atoms with Gasteiger partial charge in [-0.25, -0.2) is 6.57 Å². The zero-order chi connectivity index (χ0) is 16.6. The molecule has 1 aliphatic rings. The Hall–Kier alpha value is -0.733. The van der Waals surface area contributed by atoms with Gasteiger partial charge in [-0.15, -0.1) is 0 Å². The average Bonchev–Trinajstić information content (AvgIpc) is 2.59. The molecule has 0 bridgehead atoms. The lowest BCUT2D eigenvalue weighted by Crippen LogP contribution is -2.44. The number of rotatable bonds is 3. The van der Waals surface area contributed by atoms with Crippen molar-refractivity contribution in [3.8, 4) is 0 Å². The van der Waals surface area contributed by atoms with Gasteiger partial charge in [0.15, 0.2) is 8.32 Å². The molecule has 1 aliphatic carbocycles. The second-order valence-electron chi connectivity index (χ2n) is 7.57. The van der Waals surface area contributed by atoms with Crippen LogP contribution in [0.25, 0.3) is 4.85 Å². The van der Waals surface area contributed by atoms with Crippen molar-refractivity contribution < 1.29 is 13.2 Å². The Morgan fingerprint density at radius 1 is 1.43 bits per heavy atom. The van der Waals surface area contributed by atoms with Crippen molar-refractivity contribution in [2.45, 2.75) is 77.2 Å². The summed E-state index contributed by atoms with van der Waals surface area (Å²) in [4.78, 5) is 3.61. The zero-order valence-corrected chi connectivity index (χ0v) is 15.2. The van der Waals surface area contributed by atoms with Crippen molar-refractivity contribution in [1.29, 1.82) is 0 Å². The highest BCUT2D eigenvalue weighted by molar-refractivity contribution is 6.74. The summed E-state index contributed by atoms with van der Waals surface area (Å²) in [5.74, 6) is -0.105. The van der Waals surface area contributed by atoms with Crippen LogP contribution in [0.15, 0.2) is 11.7 Å². The third-order valence-corrected chi connectivity index (χ3v) is 9.84. The predicted molar refractivity (Wildman–Crippen MR) is 84.7 cm³/mol. The Bertz CT molecular complexity index is 472. The average molecular weight is 315 g/mol. The first kappa shape index (κ1) is 18.3. The normalized spacial score (nSPS) is 30.4. The molecule has 2 nitrogen and oxygen atoms in total. The Morgan fingerprint density at radius 2 is 1.95 bits per heavy atom. The van der Waals surface area contributed by atoms with E-state index in [4.69, 9.17) is 11.0 Å². The van der Waals surface area contributed by atoms with E-state index < -0.39 is 26.0 Å². The summed E-state index contributed by atoms with van der Waals surface area (Å²) in [7, 11) is -2.15. The molecule has 0 spiro atoms. The standard InChI is InChI=1S/C16H27F2NOSi/c1-9-16(19-6)11(2)10-12(13(16)14(17)18)20-21(7,8)15(3,4)5/h11-12H,9-10H2,1-5,7-8H3/t11-,12+,16-/m0/s1. The molecule has 0 aromatic carbocycles. The molecule has 0 N–H and O–H groups in total. The Balaban J connectivity index is 3.24. The molecule has 0 aliphatic heterocycles. The Kier molecular flexibility index (Phi) is 5.07. The minimum absolute atomic E-state index is 0.0380. The van der Waals surface area contributed by atoms with Crippen LogP contribution < -0.4 is 0 Å². The third kappa shape index (κ3) is 3.07. The van der Waals surface area contributed by atoms with Crippen LogP contribution in [0.3, 0.4) is 0 Å². The van der Waals surface area contributed by atoms with Gasteiger partial charge in [-0.05, 0) is 24.6 Å². The minimum Gasteiger partial charge on any atom is -0.410 e. The molecular weight excluding hydrogens is 288 g/mol. The Labute approximate surface area is 128 Å². The summed E-state index contributed by atoms with van der Waals surface area (Å²) in [6.45, 7) is 21.6. The molecule has 1 saturated carbocycles. The van der Waals surface area contributed by atoms with Gasteiger partial charge in [0.05, 0.1) is 6.10 Å². The van der Waals surface area contributed by atoms with Gasteiger partial charge in [0.25, 0.3) is 11.6 Å². The van der Waals surface area contributed by atoms with Gasteiger partial charge in [-0.3, -0.25) is 0 Å². The van der Waals surface area contributed by atoms with Crippen molar-refractivity contribution in [2.75, 3.05) is 0 Å². The van der Waals surface area contributed by atoms with Crippen molar-refractivity contribution in [3.63, 3.8) is 0 Å². The summed E-state index contributed by atoms with van der Waals surface area (Å²) < 4.78 is 33.4. The lowest BCUT2D eigenvalue weighted by Gasteiger charge is -2.38. The van der Waals surface area contributed by atoms with Gasteiger partial charge in [0.1, 0.15) is 5.57 Å². The van der Waals surface area contributed by atoms with E-state index in [-0.39, 0.29) is 16.5 Å². The molecule has 0 aromatic heterocycles. The quantitative estimate of drug-likeness (QED) is 0.486. The minimum atomic E-state index is -2.15. The van der Waals surface area contributed by atoms with Crippen LogP contribution in [0.1, 0.15) is 47.5 Å². The predicted octanol–water partition coefficient (Wildman–Crippen LogP) is 5.64. The summed E-state index contributed by atoms with van der Waals surface area (Å²) >= 11 is 0. The van der Waals surface area contributed by atoms with Crippen molar-refractivity contribution in [1.82, 2.24) is 0 Å². The van der Waals surface area contributed by atoms with Crippen LogP contribution in [-0.4, -0.2) is 20.0 Å². The molecule has 0 saturated heterocycles. The lowest BCUT2D eigenvalue weighted by molar-refractivity contribution is 0.205. The maximum atomic E-state index is 13.6. The van der Waals surface area contributed by atoms with E-state index >= 15 is 0 Å². The van der Waals surface area contributed by atoms with Crippen LogP contribution in [0.5, 0.6) is 0 Å². The van der Waals surface area contributed by atoms with Crippen molar-refractivity contribution in [3.05, 3.63) is 23.1 Å². The molecule has 21 heavy (non-hydrogen) atoms. The molecule has 1 rings (SSSR count). The highest BCUT2D eigenvalue weighted by Gasteiger charge is 2.58. The molecular formula is C16H27F2NOSi. The molecule has 120 valence electrons. The summed E-state index contributed by atoms with van der Waals surface area (Å²) in [6, 6.07) is 0. The molecule has 0 unspecified atom stereocenters. The van der Waals surface area contributed by atoms with E-state index in [1.165, 1.54) is 0 Å². The van der Waals surface area contributed by atoms with E-state index in [1.807, 2.05) is 13.8 Å². The molecule has 0 amide bonds. The van der Waals surface area contributed by atoms with Gasteiger partial charge in [0, 0.05) is 12.3 Å². The third-order valence-electron chi connectivity index (χ3n) is 5.36. The van der Waals surface area contributed by atoms with Crippen molar-refractivity contribution >= 4 is 8.32 Å². The van der Waals surface area contributed by atoms with Crippen LogP contribution in [-0.2, 0) is 4.43 Å². The van der Waals surface area contributed by atoms with Gasteiger partial charge in [-0.2, -0.15) is 8.78 Å².